The molecule has 0 unspecified atom stereocenters. The summed E-state index contributed by atoms with van der Waals surface area (Å²) in [6.45, 7) is 2.07. The molecule has 4 N–H and O–H groups in total. The predicted molar refractivity (Wildman–Crippen MR) is 101 cm³/mol. The van der Waals surface area contributed by atoms with Crippen LogP contribution >= 0.6 is 0 Å². The summed E-state index contributed by atoms with van der Waals surface area (Å²) in [5.41, 5.74) is 0. The van der Waals surface area contributed by atoms with E-state index in [-0.39, 0.29) is 10.8 Å². The van der Waals surface area contributed by atoms with Crippen molar-refractivity contribution >= 4 is 41.1 Å². The minimum atomic E-state index is -5.40. The molecule has 0 bridgehead atoms. The zero-order chi connectivity index (χ0) is 22.0. The van der Waals surface area contributed by atoms with Gasteiger partial charge in [0.2, 0.25) is 0 Å². The van der Waals surface area contributed by atoms with Crippen molar-refractivity contribution in [1.29, 1.82) is 0 Å². The van der Waals surface area contributed by atoms with Gasteiger partial charge in [-0.15, -0.1) is 0 Å². The van der Waals surface area contributed by atoms with Crippen molar-refractivity contribution in [2.75, 3.05) is 0 Å². The minimum absolute atomic E-state index is 0.0878. The summed E-state index contributed by atoms with van der Waals surface area (Å²) >= 11 is 0. The Labute approximate surface area is 166 Å². The monoisotopic (exact) mass is 464 g/mol. The number of imidazole rings is 1. The molecule has 0 saturated carbocycles. The van der Waals surface area contributed by atoms with Gasteiger partial charge >= 0.3 is 0 Å². The highest BCUT2D eigenvalue weighted by Gasteiger charge is 2.34. The van der Waals surface area contributed by atoms with Crippen LogP contribution in [0.2, 0.25) is 0 Å². The number of hydrogen-bond donors (Lipinski definition) is 4. The molecule has 1 heterocycles. The van der Waals surface area contributed by atoms with Gasteiger partial charge in [0.25, 0.3) is 30.4 Å². The maximum atomic E-state index is 11.5. The van der Waals surface area contributed by atoms with Gasteiger partial charge in [0.05, 0.1) is 0 Å². The molecular weight excluding hydrogens is 448 g/mol. The van der Waals surface area contributed by atoms with Crippen LogP contribution in [0.4, 0.5) is 0 Å². The quantitative estimate of drug-likeness (QED) is 0.412. The number of H-pyrrole nitrogens is 1. The second-order valence-electron chi connectivity index (χ2n) is 5.57. The van der Waals surface area contributed by atoms with Gasteiger partial charge in [-0.3, -0.25) is 13.7 Å². The Hall–Kier alpha value is -2.36. The Morgan fingerprint density at radius 1 is 0.897 bits per heavy atom. The molecule has 29 heavy (non-hydrogen) atoms. The predicted octanol–water partition coefficient (Wildman–Crippen LogP) is 1.55. The van der Waals surface area contributed by atoms with Crippen LogP contribution in [0.25, 0.3) is 10.8 Å². The molecule has 0 fully saturated rings. The van der Waals surface area contributed by atoms with E-state index in [4.69, 9.17) is 9.11 Å². The number of rotatable bonds is 4. The van der Waals surface area contributed by atoms with Gasteiger partial charge in [0.15, 0.2) is 0 Å². The van der Waals surface area contributed by atoms with Crippen molar-refractivity contribution in [3.8, 4) is 0 Å². The summed E-state index contributed by atoms with van der Waals surface area (Å²) in [4.78, 5) is 2.65. The molecule has 3 rings (SSSR count). The van der Waals surface area contributed by atoms with Crippen LogP contribution in [0.1, 0.15) is 12.7 Å². The van der Waals surface area contributed by atoms with Crippen LogP contribution in [0.3, 0.4) is 0 Å². The summed E-state index contributed by atoms with van der Waals surface area (Å²) < 4.78 is 96.0. The van der Waals surface area contributed by atoms with Crippen LogP contribution in [0.5, 0.6) is 0 Å². The normalized spacial score (nSPS) is 12.4. The fourth-order valence-corrected chi connectivity index (χ4v) is 5.86. The second-order valence-corrected chi connectivity index (χ2v) is 9.68. The average Bonchev–Trinajstić information content (AvgIpc) is 3.12. The Balaban J connectivity index is 0.000000360. The van der Waals surface area contributed by atoms with Gasteiger partial charge in [0, 0.05) is 24.2 Å². The molecular formula is C15H16N2O9S3. The van der Waals surface area contributed by atoms with Crippen molar-refractivity contribution in [3.05, 3.63) is 48.5 Å². The van der Waals surface area contributed by atoms with E-state index >= 15 is 0 Å². The molecule has 0 amide bonds. The van der Waals surface area contributed by atoms with Crippen molar-refractivity contribution in [2.24, 2.45) is 0 Å². The zero-order valence-corrected chi connectivity index (χ0v) is 17.2. The Morgan fingerprint density at radius 2 is 1.48 bits per heavy atom. The molecule has 14 heteroatoms. The SMILES string of the molecule is CCc1ncc[nH]1.O=S(=O)(O)c1cc2ccccc2c(S(=O)(=O)O)c1S(=O)(=O)O. The van der Waals surface area contributed by atoms with Gasteiger partial charge in [-0.25, -0.2) is 4.98 Å². The lowest BCUT2D eigenvalue weighted by molar-refractivity contribution is 0.457. The van der Waals surface area contributed by atoms with Crippen LogP contribution in [0, 0.1) is 0 Å². The summed E-state index contributed by atoms with van der Waals surface area (Å²) in [5, 5.41) is -0.430. The Morgan fingerprint density at radius 3 is 1.90 bits per heavy atom. The maximum absolute atomic E-state index is 11.5. The van der Waals surface area contributed by atoms with Crippen LogP contribution in [-0.4, -0.2) is 48.9 Å². The van der Waals surface area contributed by atoms with Crippen molar-refractivity contribution in [1.82, 2.24) is 9.97 Å². The fourth-order valence-electron chi connectivity index (χ4n) is 2.45. The number of aromatic nitrogens is 2. The van der Waals surface area contributed by atoms with Gasteiger partial charge < -0.3 is 4.98 Å². The van der Waals surface area contributed by atoms with Gasteiger partial charge in [-0.2, -0.15) is 25.3 Å². The molecule has 0 radical (unpaired) electrons. The third kappa shape index (κ3) is 5.37. The van der Waals surface area contributed by atoms with Crippen LogP contribution < -0.4 is 0 Å². The van der Waals surface area contributed by atoms with Crippen molar-refractivity contribution < 1.29 is 38.9 Å². The molecule has 0 atom stereocenters. The number of aryl methyl sites for hydroxylation is 1. The molecule has 0 aliphatic rings. The largest absolute Gasteiger partial charge is 0.349 e. The highest BCUT2D eigenvalue weighted by atomic mass is 32.2. The maximum Gasteiger partial charge on any atom is 0.297 e. The number of fused-ring (bicyclic) bond motifs is 1. The third-order valence-corrected chi connectivity index (χ3v) is 6.62. The number of nitrogens with one attached hydrogen (secondary N) is 1. The lowest BCUT2D eigenvalue weighted by Gasteiger charge is -2.12. The average molecular weight is 464 g/mol. The van der Waals surface area contributed by atoms with Crippen molar-refractivity contribution in [3.63, 3.8) is 0 Å². The molecule has 0 spiro atoms. The lowest BCUT2D eigenvalue weighted by Crippen LogP contribution is -2.15. The van der Waals surface area contributed by atoms with E-state index in [2.05, 4.69) is 16.9 Å². The topological polar surface area (TPSA) is 192 Å². The first-order valence-corrected chi connectivity index (χ1v) is 12.0. The first-order chi connectivity index (χ1) is 13.3. The molecule has 3 aromatic rings. The standard InChI is InChI=1S/C10H8O9S3.C5H8N2/c11-20(12,13)8-5-6-3-1-2-4-7(6)9(21(14,15)16)10(8)22(17,18)19;1-2-5-6-3-4-7-5/h1-5H,(H,11,12,13)(H,14,15,16)(H,17,18,19);3-4H,2H2,1H3,(H,6,7). The van der Waals surface area contributed by atoms with E-state index in [9.17, 15) is 29.8 Å². The number of aromatic amines is 1. The Kier molecular flexibility index (Phi) is 6.46. The molecule has 1 aromatic heterocycles. The molecule has 0 saturated heterocycles. The van der Waals surface area contributed by atoms with E-state index in [1.165, 1.54) is 18.2 Å². The number of hydrogen-bond acceptors (Lipinski definition) is 7. The lowest BCUT2D eigenvalue weighted by atomic mass is 10.1. The van der Waals surface area contributed by atoms with Crippen molar-refractivity contribution in [2.45, 2.75) is 28.0 Å². The summed E-state index contributed by atoms with van der Waals surface area (Å²) in [6, 6.07) is 5.69. The molecule has 0 aliphatic carbocycles. The molecule has 0 aliphatic heterocycles. The minimum Gasteiger partial charge on any atom is -0.349 e. The highest BCUT2D eigenvalue weighted by Crippen LogP contribution is 2.35. The fraction of sp³-hybridized carbons (Fsp3) is 0.133. The van der Waals surface area contributed by atoms with E-state index in [0.717, 1.165) is 18.3 Å². The van der Waals surface area contributed by atoms with E-state index < -0.39 is 45.0 Å². The van der Waals surface area contributed by atoms with Gasteiger partial charge in [0.1, 0.15) is 20.5 Å². The number of nitrogens with zero attached hydrogens (tertiary/aromatic N) is 1. The number of benzene rings is 2. The molecule has 11 nitrogen and oxygen atoms in total. The smallest absolute Gasteiger partial charge is 0.297 e. The summed E-state index contributed by atoms with van der Waals surface area (Å²) in [7, 11) is -15.8. The third-order valence-electron chi connectivity index (χ3n) is 3.61. The van der Waals surface area contributed by atoms with Crippen LogP contribution in [-0.2, 0) is 36.8 Å². The Bertz CT molecular complexity index is 1350. The van der Waals surface area contributed by atoms with E-state index in [1.807, 2.05) is 6.20 Å². The van der Waals surface area contributed by atoms with Gasteiger partial charge in [-0.1, -0.05) is 31.2 Å². The first kappa shape index (κ1) is 22.9. The van der Waals surface area contributed by atoms with E-state index in [1.54, 1.807) is 6.20 Å². The molecule has 2 aromatic carbocycles. The summed E-state index contributed by atoms with van der Waals surface area (Å²) in [5.74, 6) is 1.06. The summed E-state index contributed by atoms with van der Waals surface area (Å²) in [6.07, 6.45) is 4.59. The first-order valence-electron chi connectivity index (χ1n) is 7.73. The van der Waals surface area contributed by atoms with Crippen LogP contribution in [0.15, 0.2) is 57.4 Å². The van der Waals surface area contributed by atoms with Gasteiger partial charge in [-0.05, 0) is 11.5 Å². The second kappa shape index (κ2) is 8.17. The molecule has 158 valence electrons. The highest BCUT2D eigenvalue weighted by molar-refractivity contribution is 7.90. The van der Waals surface area contributed by atoms with E-state index in [0.29, 0.717) is 6.07 Å². The zero-order valence-electron chi connectivity index (χ0n) is 14.7.